The van der Waals surface area contributed by atoms with E-state index in [9.17, 15) is 14.4 Å². The van der Waals surface area contributed by atoms with Crippen LogP contribution >= 0.6 is 11.8 Å². The highest BCUT2D eigenvalue weighted by atomic mass is 32.2. The van der Waals surface area contributed by atoms with Gasteiger partial charge in [0.15, 0.2) is 6.61 Å². The van der Waals surface area contributed by atoms with E-state index in [0.29, 0.717) is 22.9 Å². The zero-order valence-electron chi connectivity index (χ0n) is 19.9. The first-order valence-corrected chi connectivity index (χ1v) is 12.5. The van der Waals surface area contributed by atoms with Gasteiger partial charge in [0.25, 0.3) is 17.1 Å². The van der Waals surface area contributed by atoms with Crippen LogP contribution in [-0.4, -0.2) is 66.7 Å². The second-order valence-corrected chi connectivity index (χ2v) is 10.3. The Morgan fingerprint density at radius 3 is 2.46 bits per heavy atom. The number of anilines is 1. The number of rotatable bonds is 5. The number of likely N-dealkylation sites (N-methyl/N-ethyl adjacent to an activating group) is 1. The normalized spacial score (nSPS) is 20.2. The molecule has 2 saturated heterocycles. The lowest BCUT2D eigenvalue weighted by Crippen LogP contribution is -2.43. The van der Waals surface area contributed by atoms with Crippen LogP contribution in [-0.2, 0) is 22.7 Å². The Morgan fingerprint density at radius 1 is 1.00 bits per heavy atom. The molecule has 2 aromatic carbocycles. The van der Waals surface area contributed by atoms with Crippen LogP contribution in [0.5, 0.6) is 5.75 Å². The van der Waals surface area contributed by atoms with Crippen molar-refractivity contribution in [3.63, 3.8) is 0 Å². The van der Waals surface area contributed by atoms with Crippen LogP contribution in [0.3, 0.4) is 0 Å². The molecule has 9 heteroatoms. The third-order valence-electron chi connectivity index (χ3n) is 6.41. The number of carbonyl (C=O) groups is 3. The number of imide groups is 1. The Bertz CT molecular complexity index is 1220. The van der Waals surface area contributed by atoms with E-state index in [1.807, 2.05) is 12.1 Å². The largest absolute Gasteiger partial charge is 0.482 e. The molecule has 1 N–H and O–H groups in total. The molecular weight excluding hydrogens is 464 g/mol. The third kappa shape index (κ3) is 5.42. The molecule has 3 aliphatic rings. The number of fused-ring (bicyclic) bond motifs is 1. The number of nitrogens with one attached hydrogen (secondary N) is 1. The summed E-state index contributed by atoms with van der Waals surface area (Å²) in [5, 5.41) is 1.88. The Morgan fingerprint density at radius 2 is 1.74 bits per heavy atom. The van der Waals surface area contributed by atoms with Crippen LogP contribution < -0.4 is 15.0 Å². The van der Waals surface area contributed by atoms with Gasteiger partial charge in [0.1, 0.15) is 5.75 Å². The van der Waals surface area contributed by atoms with Crippen molar-refractivity contribution in [1.29, 1.82) is 0 Å². The molecular formula is C26H28N4O4S. The molecule has 0 spiro atoms. The lowest BCUT2D eigenvalue weighted by molar-refractivity contribution is -0.121. The number of ether oxygens (including phenoxy) is 1. The number of aryl methyl sites for hydroxylation is 1. The molecule has 0 unspecified atom stereocenters. The van der Waals surface area contributed by atoms with Gasteiger partial charge in [0.2, 0.25) is 0 Å². The number of benzene rings is 2. The van der Waals surface area contributed by atoms with E-state index in [2.05, 4.69) is 47.3 Å². The molecule has 3 amide bonds. The molecule has 182 valence electrons. The van der Waals surface area contributed by atoms with Gasteiger partial charge in [-0.1, -0.05) is 29.8 Å². The number of amides is 3. The molecule has 0 atom stereocenters. The lowest BCUT2D eigenvalue weighted by Gasteiger charge is -2.32. The number of piperazine rings is 1. The monoisotopic (exact) mass is 492 g/mol. The first-order chi connectivity index (χ1) is 16.8. The zero-order valence-corrected chi connectivity index (χ0v) is 20.7. The predicted octanol–water partition coefficient (Wildman–Crippen LogP) is 2.99. The van der Waals surface area contributed by atoms with Crippen molar-refractivity contribution in [2.24, 2.45) is 0 Å². The standard InChI is InChI=1S/C26H28N4O4S/c1-17-9-19(14-29-7-5-28(2)6-8-29)11-20(10-17)15-30-21-12-18(3-4-22(21)34-16-24(30)31)13-23-25(32)27-26(33)35-23/h3-4,9-13H,5-8,14-16H2,1-2H3,(H,27,32,33)/b23-13-. The molecule has 8 nitrogen and oxygen atoms in total. The second-order valence-electron chi connectivity index (χ2n) is 9.25. The highest BCUT2D eigenvalue weighted by Crippen LogP contribution is 2.36. The SMILES string of the molecule is Cc1cc(CN2CCN(C)CC2)cc(CN2C(=O)COc3ccc(/C=C4\SC(=O)NC4=O)cc32)c1. The molecule has 3 aliphatic heterocycles. The van der Waals surface area contributed by atoms with Crippen LogP contribution in [0.25, 0.3) is 6.08 Å². The van der Waals surface area contributed by atoms with E-state index in [4.69, 9.17) is 4.74 Å². The maximum Gasteiger partial charge on any atom is 0.290 e. The first kappa shape index (κ1) is 23.6. The predicted molar refractivity (Wildman–Crippen MR) is 136 cm³/mol. The lowest BCUT2D eigenvalue weighted by atomic mass is 10.0. The summed E-state index contributed by atoms with van der Waals surface area (Å²) in [6, 6.07) is 12.0. The smallest absolute Gasteiger partial charge is 0.290 e. The van der Waals surface area contributed by atoms with Crippen molar-refractivity contribution >= 4 is 40.6 Å². The molecule has 2 fully saturated rings. The summed E-state index contributed by atoms with van der Waals surface area (Å²) in [6.45, 7) is 7.65. The van der Waals surface area contributed by atoms with Gasteiger partial charge in [0.05, 0.1) is 17.1 Å². The van der Waals surface area contributed by atoms with E-state index in [1.54, 1.807) is 17.0 Å². The maximum atomic E-state index is 12.9. The van der Waals surface area contributed by atoms with E-state index in [-0.39, 0.29) is 17.8 Å². The number of hydrogen-bond acceptors (Lipinski definition) is 7. The Hall–Kier alpha value is -3.14. The molecule has 3 heterocycles. The van der Waals surface area contributed by atoms with Gasteiger partial charge < -0.3 is 14.5 Å². The molecule has 0 aliphatic carbocycles. The highest BCUT2D eigenvalue weighted by molar-refractivity contribution is 8.18. The van der Waals surface area contributed by atoms with Crippen molar-refractivity contribution in [3.8, 4) is 5.75 Å². The Kier molecular flexibility index (Phi) is 6.64. The summed E-state index contributed by atoms with van der Waals surface area (Å²) >= 11 is 0.870. The zero-order chi connectivity index (χ0) is 24.5. The summed E-state index contributed by atoms with van der Waals surface area (Å²) in [6.07, 6.45) is 1.66. The van der Waals surface area contributed by atoms with Crippen molar-refractivity contribution < 1.29 is 19.1 Å². The fourth-order valence-corrected chi connectivity index (χ4v) is 5.31. The number of thioether (sulfide) groups is 1. The molecule has 0 bridgehead atoms. The number of hydrogen-bond donors (Lipinski definition) is 1. The summed E-state index contributed by atoms with van der Waals surface area (Å²) in [5.74, 6) is 0.0961. The van der Waals surface area contributed by atoms with Crippen LogP contribution in [0.1, 0.15) is 22.3 Å². The second kappa shape index (κ2) is 9.85. The molecule has 0 radical (unpaired) electrons. The van der Waals surface area contributed by atoms with Crippen LogP contribution in [0.15, 0.2) is 41.3 Å². The van der Waals surface area contributed by atoms with Crippen LogP contribution in [0.4, 0.5) is 10.5 Å². The molecule has 0 saturated carbocycles. The summed E-state index contributed by atoms with van der Waals surface area (Å²) in [7, 11) is 2.15. The van der Waals surface area contributed by atoms with Gasteiger partial charge >= 0.3 is 0 Å². The minimum absolute atomic E-state index is 0.0137. The summed E-state index contributed by atoms with van der Waals surface area (Å²) in [4.78, 5) is 43.2. The Labute approximate surface area is 208 Å². The quantitative estimate of drug-likeness (QED) is 0.643. The minimum Gasteiger partial charge on any atom is -0.482 e. The van der Waals surface area contributed by atoms with E-state index in [1.165, 1.54) is 11.1 Å². The topological polar surface area (TPSA) is 82.2 Å². The third-order valence-corrected chi connectivity index (χ3v) is 7.22. The van der Waals surface area contributed by atoms with Gasteiger partial charge in [0, 0.05) is 32.7 Å². The summed E-state index contributed by atoms with van der Waals surface area (Å²) in [5.41, 5.74) is 4.86. The molecule has 2 aromatic rings. The van der Waals surface area contributed by atoms with Crippen LogP contribution in [0.2, 0.25) is 0 Å². The van der Waals surface area contributed by atoms with Gasteiger partial charge in [-0.15, -0.1) is 0 Å². The molecule has 0 aromatic heterocycles. The average molecular weight is 493 g/mol. The van der Waals surface area contributed by atoms with E-state index in [0.717, 1.165) is 55.6 Å². The van der Waals surface area contributed by atoms with E-state index < -0.39 is 5.91 Å². The van der Waals surface area contributed by atoms with E-state index >= 15 is 0 Å². The van der Waals surface area contributed by atoms with Gasteiger partial charge in [-0.2, -0.15) is 0 Å². The highest BCUT2D eigenvalue weighted by Gasteiger charge is 2.28. The minimum atomic E-state index is -0.408. The van der Waals surface area contributed by atoms with Gasteiger partial charge in [-0.25, -0.2) is 0 Å². The fourth-order valence-electron chi connectivity index (χ4n) is 4.63. The maximum absolute atomic E-state index is 12.9. The van der Waals surface area contributed by atoms with Crippen molar-refractivity contribution in [3.05, 3.63) is 63.6 Å². The number of carbonyl (C=O) groups excluding carboxylic acids is 3. The van der Waals surface area contributed by atoms with Crippen molar-refractivity contribution in [2.45, 2.75) is 20.0 Å². The molecule has 5 rings (SSSR count). The fraction of sp³-hybridized carbons (Fsp3) is 0.346. The van der Waals surface area contributed by atoms with Gasteiger partial charge in [-0.3, -0.25) is 24.6 Å². The van der Waals surface area contributed by atoms with Crippen molar-refractivity contribution in [1.82, 2.24) is 15.1 Å². The number of nitrogens with zero attached hydrogens (tertiary/aromatic N) is 3. The first-order valence-electron chi connectivity index (χ1n) is 11.7. The van der Waals surface area contributed by atoms with Gasteiger partial charge in [-0.05, 0) is 60.6 Å². The summed E-state index contributed by atoms with van der Waals surface area (Å²) < 4.78 is 5.66. The van der Waals surface area contributed by atoms with Crippen LogP contribution in [0, 0.1) is 6.92 Å². The van der Waals surface area contributed by atoms with Crippen molar-refractivity contribution in [2.75, 3.05) is 44.7 Å². The molecule has 35 heavy (non-hydrogen) atoms. The Balaban J connectivity index is 1.39. The average Bonchev–Trinajstić information content (AvgIpc) is 3.13.